The lowest BCUT2D eigenvalue weighted by Gasteiger charge is -2.11. The molecule has 3 aromatic rings. The molecule has 27 heavy (non-hydrogen) atoms. The first-order valence-corrected chi connectivity index (χ1v) is 11.1. The van der Waals surface area contributed by atoms with Crippen LogP contribution in [0.15, 0.2) is 34.8 Å². The number of aromatic nitrogens is 2. The fourth-order valence-electron chi connectivity index (χ4n) is 3.06. The molecule has 0 atom stereocenters. The molecule has 0 saturated heterocycles. The zero-order chi connectivity index (χ0) is 19.6. The number of hydrogen-bond acceptors (Lipinski definition) is 5. The van der Waals surface area contributed by atoms with Gasteiger partial charge in [-0.25, -0.2) is 18.1 Å². The van der Waals surface area contributed by atoms with Crippen LogP contribution in [-0.4, -0.2) is 24.5 Å². The Hall–Kier alpha value is -2.21. The minimum absolute atomic E-state index is 0.318. The monoisotopic (exact) mass is 402 g/mol. The Morgan fingerprint density at radius 2 is 2.15 bits per heavy atom. The second kappa shape index (κ2) is 7.80. The third-order valence-corrected chi connectivity index (χ3v) is 7.75. The summed E-state index contributed by atoms with van der Waals surface area (Å²) < 4.78 is 31.4. The van der Waals surface area contributed by atoms with Gasteiger partial charge in [-0.1, -0.05) is 13.8 Å². The number of hydrogen-bond donors (Lipinski definition) is 1. The van der Waals surface area contributed by atoms with Crippen LogP contribution in [0.3, 0.4) is 0 Å². The van der Waals surface area contributed by atoms with Gasteiger partial charge in [-0.3, -0.25) is 0 Å². The molecule has 0 bridgehead atoms. The molecule has 2 heterocycles. The SMILES string of the molecule is Cc1c(S(=O)(=O)NCCCn2ccnc2C(C)C)sc2ccc(C#N)cc12. The largest absolute Gasteiger partial charge is 0.335 e. The molecule has 0 unspecified atom stereocenters. The molecule has 0 amide bonds. The first-order valence-electron chi connectivity index (χ1n) is 8.77. The summed E-state index contributed by atoms with van der Waals surface area (Å²) in [6.07, 6.45) is 4.38. The Balaban J connectivity index is 1.70. The number of rotatable bonds is 7. The van der Waals surface area contributed by atoms with Gasteiger partial charge in [-0.15, -0.1) is 11.3 Å². The Morgan fingerprint density at radius 1 is 1.37 bits per heavy atom. The maximum atomic E-state index is 12.7. The van der Waals surface area contributed by atoms with Crippen LogP contribution >= 0.6 is 11.3 Å². The zero-order valence-corrected chi connectivity index (χ0v) is 17.2. The Bertz CT molecular complexity index is 1100. The van der Waals surface area contributed by atoms with Gasteiger partial charge in [0.25, 0.3) is 0 Å². The van der Waals surface area contributed by atoms with E-state index in [1.807, 2.05) is 6.20 Å². The van der Waals surface area contributed by atoms with Crippen molar-refractivity contribution in [1.82, 2.24) is 14.3 Å². The molecular weight excluding hydrogens is 380 g/mol. The van der Waals surface area contributed by atoms with Crippen molar-refractivity contribution in [3.63, 3.8) is 0 Å². The van der Waals surface area contributed by atoms with Crippen LogP contribution < -0.4 is 4.72 Å². The highest BCUT2D eigenvalue weighted by atomic mass is 32.2. The molecule has 3 rings (SSSR count). The van der Waals surface area contributed by atoms with Crippen molar-refractivity contribution in [1.29, 1.82) is 5.26 Å². The van der Waals surface area contributed by atoms with Crippen molar-refractivity contribution in [2.45, 2.75) is 43.9 Å². The topological polar surface area (TPSA) is 87.8 Å². The van der Waals surface area contributed by atoms with Crippen molar-refractivity contribution < 1.29 is 8.42 Å². The van der Waals surface area contributed by atoms with Crippen molar-refractivity contribution in [2.75, 3.05) is 6.54 Å². The summed E-state index contributed by atoms with van der Waals surface area (Å²) in [5, 5.41) is 9.87. The standard InChI is InChI=1S/C19H22N4O2S2/c1-13(2)18-21-8-10-23(18)9-4-7-22-27(24,25)19-14(3)16-11-15(12-20)5-6-17(16)26-19/h5-6,8,10-11,13,22H,4,7,9H2,1-3H3. The molecule has 0 radical (unpaired) electrons. The summed E-state index contributed by atoms with van der Waals surface area (Å²) in [7, 11) is -3.58. The number of sulfonamides is 1. The van der Waals surface area contributed by atoms with E-state index in [4.69, 9.17) is 5.26 Å². The minimum Gasteiger partial charge on any atom is -0.335 e. The van der Waals surface area contributed by atoms with Gasteiger partial charge < -0.3 is 4.57 Å². The summed E-state index contributed by atoms with van der Waals surface area (Å²) in [6, 6.07) is 7.35. The van der Waals surface area contributed by atoms with Gasteiger partial charge in [0.1, 0.15) is 10.0 Å². The molecular formula is C19H22N4O2S2. The average molecular weight is 403 g/mol. The predicted octanol–water partition coefficient (Wildman–Crippen LogP) is 3.77. The Morgan fingerprint density at radius 3 is 2.85 bits per heavy atom. The molecule has 1 N–H and O–H groups in total. The third-order valence-electron chi connectivity index (χ3n) is 4.40. The molecule has 142 valence electrons. The molecule has 1 aromatic carbocycles. The van der Waals surface area contributed by atoms with Gasteiger partial charge in [-0.2, -0.15) is 5.26 Å². The lowest BCUT2D eigenvalue weighted by Crippen LogP contribution is -2.25. The first-order chi connectivity index (χ1) is 12.8. The average Bonchev–Trinajstić information content (AvgIpc) is 3.23. The number of nitrogens with zero attached hydrogens (tertiary/aromatic N) is 3. The van der Waals surface area contributed by atoms with Crippen LogP contribution in [-0.2, 0) is 16.6 Å². The van der Waals surface area contributed by atoms with Gasteiger partial charge in [0.15, 0.2) is 0 Å². The van der Waals surface area contributed by atoms with Gasteiger partial charge in [0.05, 0.1) is 11.6 Å². The number of thiophene rings is 1. The maximum absolute atomic E-state index is 12.7. The van der Waals surface area contributed by atoms with E-state index in [-0.39, 0.29) is 0 Å². The van der Waals surface area contributed by atoms with Gasteiger partial charge in [0, 0.05) is 36.1 Å². The van der Waals surface area contributed by atoms with Crippen molar-refractivity contribution in [3.8, 4) is 6.07 Å². The van der Waals surface area contributed by atoms with Crippen molar-refractivity contribution >= 4 is 31.4 Å². The van der Waals surface area contributed by atoms with Crippen LogP contribution in [0.25, 0.3) is 10.1 Å². The molecule has 0 aliphatic carbocycles. The van der Waals surface area contributed by atoms with E-state index in [1.54, 1.807) is 31.3 Å². The fraction of sp³-hybridized carbons (Fsp3) is 0.368. The smallest absolute Gasteiger partial charge is 0.250 e. The summed E-state index contributed by atoms with van der Waals surface area (Å²) >= 11 is 1.24. The van der Waals surface area contributed by atoms with E-state index in [2.05, 4.69) is 34.2 Å². The number of fused-ring (bicyclic) bond motifs is 1. The second-order valence-corrected chi connectivity index (χ2v) is 9.74. The quantitative estimate of drug-likeness (QED) is 0.609. The van der Waals surface area contributed by atoms with E-state index in [9.17, 15) is 8.42 Å². The lowest BCUT2D eigenvalue weighted by atomic mass is 10.1. The molecule has 0 spiro atoms. The highest BCUT2D eigenvalue weighted by Crippen LogP contribution is 2.34. The zero-order valence-electron chi connectivity index (χ0n) is 15.6. The minimum atomic E-state index is -3.58. The summed E-state index contributed by atoms with van der Waals surface area (Å²) in [5.74, 6) is 1.34. The highest BCUT2D eigenvalue weighted by Gasteiger charge is 2.21. The summed E-state index contributed by atoms with van der Waals surface area (Å²) in [4.78, 5) is 4.34. The van der Waals surface area contributed by atoms with Crippen LogP contribution in [0, 0.1) is 18.3 Å². The second-order valence-electron chi connectivity index (χ2n) is 6.72. The Labute approximate surface area is 163 Å². The molecule has 0 aliphatic rings. The van der Waals surface area contributed by atoms with Gasteiger partial charge in [0.2, 0.25) is 10.0 Å². The van der Waals surface area contributed by atoms with E-state index in [0.717, 1.165) is 15.9 Å². The van der Waals surface area contributed by atoms with Crippen LogP contribution in [0.4, 0.5) is 0 Å². The molecule has 2 aromatic heterocycles. The molecule has 8 heteroatoms. The van der Waals surface area contributed by atoms with E-state index < -0.39 is 10.0 Å². The molecule has 0 aliphatic heterocycles. The lowest BCUT2D eigenvalue weighted by molar-refractivity contribution is 0.560. The number of nitriles is 1. The normalized spacial score (nSPS) is 12.0. The first kappa shape index (κ1) is 19.5. The summed E-state index contributed by atoms with van der Waals surface area (Å²) in [6.45, 7) is 7.03. The van der Waals surface area contributed by atoms with E-state index in [1.165, 1.54) is 11.3 Å². The van der Waals surface area contributed by atoms with Crippen LogP contribution in [0.5, 0.6) is 0 Å². The van der Waals surface area contributed by atoms with Gasteiger partial charge >= 0.3 is 0 Å². The van der Waals surface area contributed by atoms with Crippen molar-refractivity contribution in [2.24, 2.45) is 0 Å². The van der Waals surface area contributed by atoms with E-state index >= 15 is 0 Å². The van der Waals surface area contributed by atoms with E-state index in [0.29, 0.717) is 40.8 Å². The number of benzene rings is 1. The molecule has 6 nitrogen and oxygen atoms in total. The van der Waals surface area contributed by atoms with Crippen molar-refractivity contribution in [3.05, 3.63) is 47.5 Å². The third kappa shape index (κ3) is 4.05. The molecule has 0 fully saturated rings. The molecule has 0 saturated carbocycles. The number of imidazole rings is 1. The summed E-state index contributed by atoms with van der Waals surface area (Å²) in [5.41, 5.74) is 1.22. The van der Waals surface area contributed by atoms with Gasteiger partial charge in [-0.05, 0) is 42.5 Å². The number of nitrogens with one attached hydrogen (secondary N) is 1. The maximum Gasteiger partial charge on any atom is 0.250 e. The van der Waals surface area contributed by atoms with Crippen LogP contribution in [0.1, 0.15) is 43.1 Å². The number of aryl methyl sites for hydroxylation is 2. The highest BCUT2D eigenvalue weighted by molar-refractivity contribution is 7.91. The Kier molecular flexibility index (Phi) is 5.65. The fourth-order valence-corrected chi connectivity index (χ4v) is 5.92. The predicted molar refractivity (Wildman–Crippen MR) is 107 cm³/mol. The van der Waals surface area contributed by atoms with Crippen LogP contribution in [0.2, 0.25) is 0 Å².